The van der Waals surface area contributed by atoms with E-state index in [1.165, 1.54) is 12.8 Å². The van der Waals surface area contributed by atoms with Crippen LogP contribution in [0, 0.1) is 12.8 Å². The van der Waals surface area contributed by atoms with E-state index in [1.807, 2.05) is 30.3 Å². The second-order valence-corrected chi connectivity index (χ2v) is 9.86. The number of ether oxygens (including phenoxy) is 2. The average molecular weight is 439 g/mol. The third kappa shape index (κ3) is 4.53. The highest BCUT2D eigenvalue weighted by Gasteiger charge is 2.30. The Kier molecular flexibility index (Phi) is 6.05. The van der Waals surface area contributed by atoms with Crippen LogP contribution in [0.25, 0.3) is 10.7 Å². The molecular formula is C24H30N4O2S. The SMILES string of the molecule is Cc1nc(COc2ccccc2)sc1-c1nc(C2CCCO2)nn1C1CCC(C)CC1. The van der Waals surface area contributed by atoms with Gasteiger partial charge >= 0.3 is 0 Å². The number of para-hydroxylation sites is 1. The average Bonchev–Trinajstić information content (AvgIpc) is 3.53. The molecule has 1 aliphatic carbocycles. The van der Waals surface area contributed by atoms with Crippen LogP contribution in [-0.4, -0.2) is 26.4 Å². The second-order valence-electron chi connectivity index (χ2n) is 8.78. The van der Waals surface area contributed by atoms with Crippen molar-refractivity contribution in [2.75, 3.05) is 6.61 Å². The van der Waals surface area contributed by atoms with Crippen LogP contribution >= 0.6 is 11.3 Å². The van der Waals surface area contributed by atoms with Gasteiger partial charge in [-0.3, -0.25) is 0 Å². The normalized spacial score (nSPS) is 23.9. The van der Waals surface area contributed by atoms with Crippen LogP contribution in [0.5, 0.6) is 5.75 Å². The Labute approximate surface area is 187 Å². The molecule has 1 atom stereocenters. The number of aryl methyl sites for hydroxylation is 1. The summed E-state index contributed by atoms with van der Waals surface area (Å²) in [6.45, 7) is 5.67. The van der Waals surface area contributed by atoms with Crippen LogP contribution in [0.2, 0.25) is 0 Å². The van der Waals surface area contributed by atoms with Crippen molar-refractivity contribution in [1.29, 1.82) is 0 Å². The van der Waals surface area contributed by atoms with Crippen molar-refractivity contribution in [1.82, 2.24) is 19.7 Å². The summed E-state index contributed by atoms with van der Waals surface area (Å²) in [6.07, 6.45) is 6.92. The van der Waals surface area contributed by atoms with Gasteiger partial charge < -0.3 is 9.47 Å². The molecule has 1 aromatic carbocycles. The third-order valence-electron chi connectivity index (χ3n) is 6.35. The largest absolute Gasteiger partial charge is 0.486 e. The van der Waals surface area contributed by atoms with Crippen LogP contribution in [0.4, 0.5) is 0 Å². The zero-order valence-corrected chi connectivity index (χ0v) is 19.1. The lowest BCUT2D eigenvalue weighted by Crippen LogP contribution is -2.19. The topological polar surface area (TPSA) is 62.1 Å². The lowest BCUT2D eigenvalue weighted by atomic mass is 9.87. The summed E-state index contributed by atoms with van der Waals surface area (Å²) in [5, 5.41) is 5.95. The molecule has 1 unspecified atom stereocenters. The number of benzene rings is 1. The van der Waals surface area contributed by atoms with Crippen molar-refractivity contribution in [2.45, 2.75) is 71.1 Å². The van der Waals surface area contributed by atoms with Gasteiger partial charge in [0.15, 0.2) is 11.6 Å². The Bertz CT molecular complexity index is 1000. The van der Waals surface area contributed by atoms with Gasteiger partial charge in [0.2, 0.25) is 0 Å². The fraction of sp³-hybridized carbons (Fsp3) is 0.542. The van der Waals surface area contributed by atoms with Gasteiger partial charge in [-0.2, -0.15) is 5.10 Å². The van der Waals surface area contributed by atoms with E-state index in [2.05, 4.69) is 18.5 Å². The molecule has 31 heavy (non-hydrogen) atoms. The molecule has 0 spiro atoms. The third-order valence-corrected chi connectivity index (χ3v) is 7.47. The number of hydrogen-bond acceptors (Lipinski definition) is 6. The van der Waals surface area contributed by atoms with Gasteiger partial charge in [-0.15, -0.1) is 11.3 Å². The zero-order valence-electron chi connectivity index (χ0n) is 18.3. The van der Waals surface area contributed by atoms with Crippen molar-refractivity contribution in [3.63, 3.8) is 0 Å². The van der Waals surface area contributed by atoms with Crippen LogP contribution in [-0.2, 0) is 11.3 Å². The van der Waals surface area contributed by atoms with E-state index in [1.54, 1.807) is 11.3 Å². The number of aromatic nitrogens is 4. The Hall–Kier alpha value is -2.25. The molecule has 2 aliphatic rings. The molecule has 3 aromatic rings. The first-order valence-electron chi connectivity index (χ1n) is 11.4. The van der Waals surface area contributed by atoms with Crippen LogP contribution in [0.3, 0.4) is 0 Å². The van der Waals surface area contributed by atoms with E-state index in [0.29, 0.717) is 12.6 Å². The zero-order chi connectivity index (χ0) is 21.2. The summed E-state index contributed by atoms with van der Waals surface area (Å²) in [6, 6.07) is 10.3. The van der Waals surface area contributed by atoms with E-state index >= 15 is 0 Å². The van der Waals surface area contributed by atoms with Gasteiger partial charge in [-0.1, -0.05) is 25.1 Å². The quantitative estimate of drug-likeness (QED) is 0.480. The Morgan fingerprint density at radius 3 is 2.65 bits per heavy atom. The smallest absolute Gasteiger partial charge is 0.180 e. The Morgan fingerprint density at radius 1 is 1.10 bits per heavy atom. The Morgan fingerprint density at radius 2 is 1.90 bits per heavy atom. The van der Waals surface area contributed by atoms with E-state index < -0.39 is 0 Å². The lowest BCUT2D eigenvalue weighted by molar-refractivity contribution is 0.104. The molecule has 1 saturated heterocycles. The minimum absolute atomic E-state index is 0.0247. The summed E-state index contributed by atoms with van der Waals surface area (Å²) in [5.41, 5.74) is 0.994. The van der Waals surface area contributed by atoms with E-state index in [9.17, 15) is 0 Å². The fourth-order valence-corrected chi connectivity index (χ4v) is 5.50. The highest BCUT2D eigenvalue weighted by atomic mass is 32.1. The summed E-state index contributed by atoms with van der Waals surface area (Å²) in [5.74, 6) is 3.44. The highest BCUT2D eigenvalue weighted by molar-refractivity contribution is 7.15. The summed E-state index contributed by atoms with van der Waals surface area (Å²) in [4.78, 5) is 10.9. The van der Waals surface area contributed by atoms with Gasteiger partial charge in [0.25, 0.3) is 0 Å². The molecule has 5 rings (SSSR count). The first-order valence-corrected chi connectivity index (χ1v) is 12.2. The van der Waals surface area contributed by atoms with Crippen molar-refractivity contribution in [3.8, 4) is 16.5 Å². The van der Waals surface area contributed by atoms with Gasteiger partial charge in [-0.25, -0.2) is 14.6 Å². The molecular weight excluding hydrogens is 408 g/mol. The van der Waals surface area contributed by atoms with Gasteiger partial charge in [0.1, 0.15) is 23.5 Å². The second kappa shape index (κ2) is 9.09. The maximum absolute atomic E-state index is 5.93. The first-order chi connectivity index (χ1) is 15.2. The molecule has 0 radical (unpaired) electrons. The van der Waals surface area contributed by atoms with Gasteiger partial charge in [-0.05, 0) is 63.5 Å². The van der Waals surface area contributed by atoms with Crippen LogP contribution < -0.4 is 4.74 Å². The lowest BCUT2D eigenvalue weighted by Gasteiger charge is -2.27. The van der Waals surface area contributed by atoms with Crippen LogP contribution in [0.1, 0.15) is 74.1 Å². The number of thiazole rings is 1. The van der Waals surface area contributed by atoms with E-state index in [4.69, 9.17) is 24.5 Å². The number of hydrogen-bond donors (Lipinski definition) is 0. The van der Waals surface area contributed by atoms with Crippen molar-refractivity contribution < 1.29 is 9.47 Å². The fourth-order valence-electron chi connectivity index (χ4n) is 4.54. The number of rotatable bonds is 6. The molecule has 2 fully saturated rings. The molecule has 164 valence electrons. The predicted octanol–water partition coefficient (Wildman–Crippen LogP) is 5.89. The van der Waals surface area contributed by atoms with Crippen molar-refractivity contribution in [2.24, 2.45) is 5.92 Å². The molecule has 3 heterocycles. The summed E-state index contributed by atoms with van der Waals surface area (Å²) in [7, 11) is 0. The minimum atomic E-state index is 0.0247. The van der Waals surface area contributed by atoms with Crippen LogP contribution in [0.15, 0.2) is 30.3 Å². The summed E-state index contributed by atoms with van der Waals surface area (Å²) >= 11 is 1.67. The molecule has 7 heteroatoms. The standard InChI is InChI=1S/C24H30N4O2S/c1-16-10-12-18(13-11-16)28-24(26-23(27-28)20-9-6-14-29-20)22-17(2)25-21(31-22)15-30-19-7-4-3-5-8-19/h3-5,7-8,16,18,20H,6,9-15H2,1-2H3. The monoisotopic (exact) mass is 438 g/mol. The summed E-state index contributed by atoms with van der Waals surface area (Å²) < 4.78 is 14.0. The first kappa shape index (κ1) is 20.6. The van der Waals surface area contributed by atoms with Gasteiger partial charge in [0, 0.05) is 6.61 Å². The molecule has 0 bridgehead atoms. The highest BCUT2D eigenvalue weighted by Crippen LogP contribution is 2.38. The predicted molar refractivity (Wildman–Crippen MR) is 121 cm³/mol. The molecule has 1 saturated carbocycles. The molecule has 2 aromatic heterocycles. The maximum Gasteiger partial charge on any atom is 0.180 e. The van der Waals surface area contributed by atoms with Crippen molar-refractivity contribution in [3.05, 3.63) is 46.9 Å². The van der Waals surface area contributed by atoms with E-state index in [-0.39, 0.29) is 6.10 Å². The molecule has 6 nitrogen and oxygen atoms in total. The minimum Gasteiger partial charge on any atom is -0.486 e. The maximum atomic E-state index is 5.93. The van der Waals surface area contributed by atoms with Gasteiger partial charge in [0.05, 0.1) is 16.6 Å². The molecule has 0 N–H and O–H groups in total. The number of nitrogens with zero attached hydrogens (tertiary/aromatic N) is 4. The molecule has 0 amide bonds. The van der Waals surface area contributed by atoms with E-state index in [0.717, 1.165) is 71.2 Å². The molecule has 1 aliphatic heterocycles. The van der Waals surface area contributed by atoms with Crippen molar-refractivity contribution >= 4 is 11.3 Å². The Balaban J connectivity index is 1.43.